The zero-order valence-corrected chi connectivity index (χ0v) is 14.3. The molecule has 1 atom stereocenters. The largest absolute Gasteiger partial charge is 0.356 e. The van der Waals surface area contributed by atoms with Crippen LogP contribution in [0.5, 0.6) is 0 Å². The highest BCUT2D eigenvalue weighted by Gasteiger charge is 2.28. The lowest BCUT2D eigenvalue weighted by molar-refractivity contribution is -0.130. The number of rotatable bonds is 4. The van der Waals surface area contributed by atoms with E-state index in [2.05, 4.69) is 5.32 Å². The van der Waals surface area contributed by atoms with Crippen molar-refractivity contribution in [3.63, 3.8) is 0 Å². The second-order valence-corrected chi connectivity index (χ2v) is 6.90. The van der Waals surface area contributed by atoms with Crippen LogP contribution in [0.25, 0.3) is 6.08 Å². The Bertz CT molecular complexity index is 632. The molecular weight excluding hydrogens is 300 g/mol. The van der Waals surface area contributed by atoms with Gasteiger partial charge in [-0.3, -0.25) is 9.59 Å². The number of hydrogen-bond acceptors (Lipinski definition) is 2. The van der Waals surface area contributed by atoms with Gasteiger partial charge in [-0.2, -0.15) is 0 Å². The standard InChI is InChI=1S/C20H26N2O2/c1-15(23)22-12-11-17-9-5-6-10-18(17)19(22)13-20(24)21-14-16-7-3-2-4-8-16/h5-6,9-12,16,19H,2-4,7-8,13-14H2,1H3,(H,21,24). The number of hydrogen-bond donors (Lipinski definition) is 1. The molecule has 0 spiro atoms. The van der Waals surface area contributed by atoms with E-state index < -0.39 is 0 Å². The number of benzene rings is 1. The van der Waals surface area contributed by atoms with Crippen molar-refractivity contribution in [3.8, 4) is 0 Å². The van der Waals surface area contributed by atoms with E-state index >= 15 is 0 Å². The van der Waals surface area contributed by atoms with Crippen molar-refractivity contribution >= 4 is 17.9 Å². The maximum Gasteiger partial charge on any atom is 0.223 e. The summed E-state index contributed by atoms with van der Waals surface area (Å²) in [4.78, 5) is 26.1. The Morgan fingerprint density at radius 3 is 2.67 bits per heavy atom. The SMILES string of the molecule is CC(=O)N1C=Cc2ccccc2C1CC(=O)NCC1CCCCC1. The first kappa shape index (κ1) is 16.7. The summed E-state index contributed by atoms with van der Waals surface area (Å²) in [5.74, 6) is 0.609. The van der Waals surface area contributed by atoms with Gasteiger partial charge in [-0.25, -0.2) is 0 Å². The van der Waals surface area contributed by atoms with Crippen LogP contribution in [0.2, 0.25) is 0 Å². The monoisotopic (exact) mass is 326 g/mol. The van der Waals surface area contributed by atoms with Gasteiger partial charge in [0.15, 0.2) is 0 Å². The Morgan fingerprint density at radius 2 is 1.92 bits per heavy atom. The van der Waals surface area contributed by atoms with E-state index in [9.17, 15) is 9.59 Å². The van der Waals surface area contributed by atoms with Gasteiger partial charge in [0.05, 0.1) is 12.5 Å². The van der Waals surface area contributed by atoms with Gasteiger partial charge in [-0.05, 0) is 36.0 Å². The van der Waals surface area contributed by atoms with Gasteiger partial charge in [-0.1, -0.05) is 43.5 Å². The van der Waals surface area contributed by atoms with E-state index in [1.54, 1.807) is 18.0 Å². The molecule has 0 radical (unpaired) electrons. The Hall–Kier alpha value is -2.10. The van der Waals surface area contributed by atoms with Crippen LogP contribution >= 0.6 is 0 Å². The third kappa shape index (κ3) is 3.86. The van der Waals surface area contributed by atoms with E-state index in [-0.39, 0.29) is 17.9 Å². The first-order chi connectivity index (χ1) is 11.6. The second-order valence-electron chi connectivity index (χ2n) is 6.90. The van der Waals surface area contributed by atoms with Crippen molar-refractivity contribution < 1.29 is 9.59 Å². The Labute approximate surface area is 143 Å². The van der Waals surface area contributed by atoms with Crippen molar-refractivity contribution in [2.24, 2.45) is 5.92 Å². The van der Waals surface area contributed by atoms with Gasteiger partial charge >= 0.3 is 0 Å². The molecule has 4 heteroatoms. The summed E-state index contributed by atoms with van der Waals surface area (Å²) >= 11 is 0. The Balaban J connectivity index is 1.65. The molecule has 1 aromatic carbocycles. The fraction of sp³-hybridized carbons (Fsp3) is 0.500. The van der Waals surface area contributed by atoms with Crippen molar-refractivity contribution in [3.05, 3.63) is 41.6 Å². The van der Waals surface area contributed by atoms with Gasteiger partial charge in [0.25, 0.3) is 0 Å². The van der Waals surface area contributed by atoms with Gasteiger partial charge in [-0.15, -0.1) is 0 Å². The zero-order valence-electron chi connectivity index (χ0n) is 14.3. The highest BCUT2D eigenvalue weighted by molar-refractivity contribution is 5.81. The Kier molecular flexibility index (Phi) is 5.34. The number of nitrogens with one attached hydrogen (secondary N) is 1. The predicted molar refractivity (Wildman–Crippen MR) is 94.9 cm³/mol. The number of fused-ring (bicyclic) bond motifs is 1. The van der Waals surface area contributed by atoms with Crippen LogP contribution < -0.4 is 5.32 Å². The first-order valence-electron chi connectivity index (χ1n) is 8.98. The summed E-state index contributed by atoms with van der Waals surface area (Å²) in [6.45, 7) is 2.31. The number of amides is 2. The van der Waals surface area contributed by atoms with Crippen LogP contribution in [0.4, 0.5) is 0 Å². The summed E-state index contributed by atoms with van der Waals surface area (Å²) in [5, 5.41) is 3.09. The van der Waals surface area contributed by atoms with Gasteiger partial charge in [0.2, 0.25) is 11.8 Å². The molecule has 1 fully saturated rings. The normalized spacial score (nSPS) is 20.5. The molecule has 1 unspecified atom stereocenters. The van der Waals surface area contributed by atoms with Crippen LogP contribution in [-0.2, 0) is 9.59 Å². The highest BCUT2D eigenvalue weighted by Crippen LogP contribution is 2.32. The minimum atomic E-state index is -0.213. The van der Waals surface area contributed by atoms with E-state index in [0.717, 1.165) is 17.7 Å². The van der Waals surface area contributed by atoms with Crippen LogP contribution in [0.15, 0.2) is 30.5 Å². The molecule has 0 saturated heterocycles. The fourth-order valence-electron chi connectivity index (χ4n) is 3.81. The molecule has 2 aliphatic rings. The maximum atomic E-state index is 12.5. The van der Waals surface area contributed by atoms with Gasteiger partial charge < -0.3 is 10.2 Å². The average Bonchev–Trinajstić information content (AvgIpc) is 2.61. The van der Waals surface area contributed by atoms with E-state index in [4.69, 9.17) is 0 Å². The molecule has 4 nitrogen and oxygen atoms in total. The minimum Gasteiger partial charge on any atom is -0.356 e. The topological polar surface area (TPSA) is 49.4 Å². The summed E-state index contributed by atoms with van der Waals surface area (Å²) in [7, 11) is 0. The molecule has 1 N–H and O–H groups in total. The van der Waals surface area contributed by atoms with Crippen LogP contribution in [-0.4, -0.2) is 23.3 Å². The summed E-state index contributed by atoms with van der Waals surface area (Å²) in [6.07, 6.45) is 10.4. The fourth-order valence-corrected chi connectivity index (χ4v) is 3.81. The first-order valence-corrected chi connectivity index (χ1v) is 8.98. The molecule has 3 rings (SSSR count). The van der Waals surface area contributed by atoms with Crippen LogP contribution in [0.1, 0.15) is 62.6 Å². The molecule has 24 heavy (non-hydrogen) atoms. The summed E-state index contributed by atoms with van der Waals surface area (Å²) in [6, 6.07) is 7.76. The molecule has 1 aromatic rings. The Morgan fingerprint density at radius 1 is 1.17 bits per heavy atom. The molecule has 1 aliphatic carbocycles. The quantitative estimate of drug-likeness (QED) is 0.918. The second kappa shape index (κ2) is 7.65. The molecule has 1 heterocycles. The molecule has 2 amide bonds. The molecule has 0 aromatic heterocycles. The number of carbonyl (C=O) groups excluding carboxylic acids is 2. The minimum absolute atomic E-state index is 0.0296. The maximum absolute atomic E-state index is 12.5. The predicted octanol–water partition coefficient (Wildman–Crippen LogP) is 3.65. The van der Waals surface area contributed by atoms with Crippen LogP contribution in [0, 0.1) is 5.92 Å². The zero-order chi connectivity index (χ0) is 16.9. The lowest BCUT2D eigenvalue weighted by atomic mass is 9.89. The molecule has 0 bridgehead atoms. The van der Waals surface area contributed by atoms with Crippen molar-refractivity contribution in [1.29, 1.82) is 0 Å². The molecule has 128 valence electrons. The lowest BCUT2D eigenvalue weighted by Crippen LogP contribution is -2.36. The molecule has 1 aliphatic heterocycles. The van der Waals surface area contributed by atoms with E-state index in [1.807, 2.05) is 30.3 Å². The van der Waals surface area contributed by atoms with Gasteiger partial charge in [0, 0.05) is 19.7 Å². The molecular formula is C20H26N2O2. The third-order valence-electron chi connectivity index (χ3n) is 5.16. The molecule has 1 saturated carbocycles. The van der Waals surface area contributed by atoms with Gasteiger partial charge in [0.1, 0.15) is 0 Å². The average molecular weight is 326 g/mol. The van der Waals surface area contributed by atoms with E-state index in [1.165, 1.54) is 32.1 Å². The summed E-state index contributed by atoms with van der Waals surface area (Å²) in [5.41, 5.74) is 2.13. The van der Waals surface area contributed by atoms with Crippen molar-refractivity contribution in [2.45, 2.75) is 51.5 Å². The third-order valence-corrected chi connectivity index (χ3v) is 5.16. The van der Waals surface area contributed by atoms with Crippen LogP contribution in [0.3, 0.4) is 0 Å². The number of carbonyl (C=O) groups is 2. The summed E-state index contributed by atoms with van der Waals surface area (Å²) < 4.78 is 0. The van der Waals surface area contributed by atoms with Crippen molar-refractivity contribution in [2.75, 3.05) is 6.54 Å². The number of nitrogens with zero attached hydrogens (tertiary/aromatic N) is 1. The van der Waals surface area contributed by atoms with Crippen molar-refractivity contribution in [1.82, 2.24) is 10.2 Å². The smallest absolute Gasteiger partial charge is 0.223 e. The highest BCUT2D eigenvalue weighted by atomic mass is 16.2. The van der Waals surface area contributed by atoms with E-state index in [0.29, 0.717) is 12.3 Å². The lowest BCUT2D eigenvalue weighted by Gasteiger charge is -2.32.